The van der Waals surface area contributed by atoms with E-state index in [0.29, 0.717) is 13.2 Å². The Morgan fingerprint density at radius 3 is 2.23 bits per heavy atom. The fourth-order valence-electron chi connectivity index (χ4n) is 2.60. The first kappa shape index (κ1) is 22.8. The van der Waals surface area contributed by atoms with Crippen LogP contribution in [0.1, 0.15) is 49.6 Å². The molecule has 1 unspecified atom stereocenters. The number of rotatable bonds is 9. The molecule has 5 heteroatoms. The van der Waals surface area contributed by atoms with Gasteiger partial charge in [0.1, 0.15) is 11.5 Å². The van der Waals surface area contributed by atoms with Gasteiger partial charge in [-0.05, 0) is 58.5 Å². The average Bonchev–Trinajstić information content (AvgIpc) is 2.59. The number of aryl methyl sites for hydroxylation is 2. The summed E-state index contributed by atoms with van der Waals surface area (Å²) in [6.07, 6.45) is 1.88. The van der Waals surface area contributed by atoms with Gasteiger partial charge in [0.25, 0.3) is 0 Å². The molecule has 26 heavy (non-hydrogen) atoms. The number of hydrogen-bond donors (Lipinski definition) is 0. The summed E-state index contributed by atoms with van der Waals surface area (Å²) in [4.78, 5) is 12.9. The van der Waals surface area contributed by atoms with E-state index < -0.39 is 0 Å². The Bertz CT molecular complexity index is 717. The quantitative estimate of drug-likeness (QED) is 0.504. The second kappa shape index (κ2) is 11.5. The first-order valence-electron chi connectivity index (χ1n) is 8.84. The molecular weight excluding hydrogens is 338 g/mol. The predicted molar refractivity (Wildman–Crippen MR) is 107 cm³/mol. The zero-order chi connectivity index (χ0) is 18.2. The number of benzene rings is 2. The van der Waals surface area contributed by atoms with Crippen LogP contribution in [0.4, 0.5) is 0 Å². The summed E-state index contributed by atoms with van der Waals surface area (Å²) in [6, 6.07) is 11.8. The Hall–Kier alpha value is -1.26. The summed E-state index contributed by atoms with van der Waals surface area (Å²) in [7, 11) is 0.0378. The first-order chi connectivity index (χ1) is 12.1. The molecule has 0 radical (unpaired) electrons. The minimum absolute atomic E-state index is 0. The Kier molecular flexibility index (Phi) is 10.0. The number of ether oxygens (including phenoxy) is 2. The van der Waals surface area contributed by atoms with Crippen molar-refractivity contribution in [2.24, 2.45) is 0 Å². The largest absolute Gasteiger partial charge is 1.00 e. The van der Waals surface area contributed by atoms with E-state index in [2.05, 4.69) is 13.8 Å². The minimum Gasteiger partial charge on any atom is -1.00 e. The maximum atomic E-state index is 12.9. The van der Waals surface area contributed by atoms with E-state index in [1.807, 2.05) is 50.2 Å². The molecule has 0 saturated carbocycles. The van der Waals surface area contributed by atoms with E-state index in [1.54, 1.807) is 0 Å². The standard InChI is InChI=1S/C21H27O3P.Li.H/c1-5-12-23-17-10-11-19(18(14-17)24-13-6-2)25-21(22)20-15(3)8-7-9-16(20)4;;/h7-11,14,25H,5-6,12-13H2,1-4H3;;/q;+1;-1. The molecule has 136 valence electrons. The van der Waals surface area contributed by atoms with E-state index in [1.165, 1.54) is 0 Å². The summed E-state index contributed by atoms with van der Waals surface area (Å²) in [6.45, 7) is 9.43. The van der Waals surface area contributed by atoms with Gasteiger partial charge in [-0.1, -0.05) is 32.0 Å². The third kappa shape index (κ3) is 6.17. The molecule has 1 atom stereocenters. The monoisotopic (exact) mass is 366 g/mol. The van der Waals surface area contributed by atoms with Crippen molar-refractivity contribution in [3.05, 3.63) is 53.1 Å². The van der Waals surface area contributed by atoms with Crippen LogP contribution < -0.4 is 33.6 Å². The van der Waals surface area contributed by atoms with Crippen molar-refractivity contribution in [1.29, 1.82) is 0 Å². The molecule has 2 aromatic carbocycles. The van der Waals surface area contributed by atoms with Gasteiger partial charge in [-0.3, -0.25) is 4.79 Å². The van der Waals surface area contributed by atoms with Gasteiger partial charge in [0.2, 0.25) is 0 Å². The van der Waals surface area contributed by atoms with Gasteiger partial charge in [0.05, 0.1) is 13.2 Å². The van der Waals surface area contributed by atoms with Gasteiger partial charge in [0, 0.05) is 16.9 Å². The Morgan fingerprint density at radius 1 is 1.00 bits per heavy atom. The summed E-state index contributed by atoms with van der Waals surface area (Å²) >= 11 is 0. The summed E-state index contributed by atoms with van der Waals surface area (Å²) in [5.41, 5.74) is 3.03. The molecule has 0 spiro atoms. The fraction of sp³-hybridized carbons (Fsp3) is 0.381. The molecule has 0 aliphatic carbocycles. The topological polar surface area (TPSA) is 35.5 Å². The van der Waals surface area contributed by atoms with E-state index in [4.69, 9.17) is 9.47 Å². The van der Waals surface area contributed by atoms with Crippen molar-refractivity contribution < 1.29 is 34.6 Å². The van der Waals surface area contributed by atoms with Crippen molar-refractivity contribution in [3.8, 4) is 11.5 Å². The van der Waals surface area contributed by atoms with Crippen LogP contribution in [0.2, 0.25) is 0 Å². The predicted octanol–water partition coefficient (Wildman–Crippen LogP) is 2.14. The van der Waals surface area contributed by atoms with E-state index in [-0.39, 0.29) is 34.4 Å². The van der Waals surface area contributed by atoms with Crippen molar-refractivity contribution in [3.63, 3.8) is 0 Å². The van der Waals surface area contributed by atoms with Crippen molar-refractivity contribution in [2.45, 2.75) is 40.5 Å². The Balaban J connectivity index is 0.00000338. The van der Waals surface area contributed by atoms with Crippen molar-refractivity contribution in [2.75, 3.05) is 13.2 Å². The molecule has 0 aliphatic heterocycles. The molecule has 0 aliphatic rings. The number of carbonyl (C=O) groups is 1. The third-order valence-corrected chi connectivity index (χ3v) is 5.00. The smallest absolute Gasteiger partial charge is 1.00 e. The van der Waals surface area contributed by atoms with Crippen LogP contribution in [-0.4, -0.2) is 18.7 Å². The van der Waals surface area contributed by atoms with Crippen LogP contribution in [0.25, 0.3) is 0 Å². The van der Waals surface area contributed by atoms with Gasteiger partial charge >= 0.3 is 18.9 Å². The molecule has 2 rings (SSSR count). The second-order valence-electron chi connectivity index (χ2n) is 6.08. The maximum Gasteiger partial charge on any atom is 1.00 e. The SMILES string of the molecule is CCCOc1ccc(PC(=O)c2c(C)cccc2C)c(OCCC)c1.[H-].[Li+]. The van der Waals surface area contributed by atoms with Crippen LogP contribution >= 0.6 is 8.58 Å². The second-order valence-corrected chi connectivity index (χ2v) is 7.32. The summed E-state index contributed by atoms with van der Waals surface area (Å²) < 4.78 is 11.6. The van der Waals surface area contributed by atoms with Crippen LogP contribution in [-0.2, 0) is 0 Å². The van der Waals surface area contributed by atoms with Crippen LogP contribution in [0.5, 0.6) is 11.5 Å². The molecule has 3 nitrogen and oxygen atoms in total. The minimum atomic E-state index is 0. The molecule has 0 fully saturated rings. The zero-order valence-electron chi connectivity index (χ0n) is 17.5. The molecule has 0 N–H and O–H groups in total. The Morgan fingerprint density at radius 2 is 1.62 bits per heavy atom. The van der Waals surface area contributed by atoms with Gasteiger partial charge in [-0.2, -0.15) is 0 Å². The van der Waals surface area contributed by atoms with Crippen LogP contribution in [0, 0.1) is 13.8 Å². The van der Waals surface area contributed by atoms with Crippen LogP contribution in [0.3, 0.4) is 0 Å². The average molecular weight is 366 g/mol. The van der Waals surface area contributed by atoms with Crippen LogP contribution in [0.15, 0.2) is 36.4 Å². The normalized spacial score (nSPS) is 10.6. The molecule has 2 aromatic rings. The third-order valence-electron chi connectivity index (χ3n) is 3.84. The fourth-order valence-corrected chi connectivity index (χ4v) is 3.80. The Labute approximate surface area is 172 Å². The maximum absolute atomic E-state index is 12.9. The molecule has 0 saturated heterocycles. The molecular formula is C21H28LiO3P. The van der Waals surface area contributed by atoms with E-state index in [0.717, 1.165) is 46.3 Å². The molecule has 0 amide bonds. The molecule has 0 heterocycles. The van der Waals surface area contributed by atoms with Crippen molar-refractivity contribution in [1.82, 2.24) is 0 Å². The van der Waals surface area contributed by atoms with E-state index >= 15 is 0 Å². The summed E-state index contributed by atoms with van der Waals surface area (Å²) in [5, 5.41) is 0.935. The van der Waals surface area contributed by atoms with Gasteiger partial charge in [-0.15, -0.1) is 0 Å². The first-order valence-corrected chi connectivity index (χ1v) is 9.84. The molecule has 0 aromatic heterocycles. The number of hydrogen-bond acceptors (Lipinski definition) is 3. The zero-order valence-corrected chi connectivity index (χ0v) is 17.5. The van der Waals surface area contributed by atoms with Gasteiger partial charge < -0.3 is 10.9 Å². The molecule has 0 bridgehead atoms. The van der Waals surface area contributed by atoms with Gasteiger partial charge in [0.15, 0.2) is 5.52 Å². The van der Waals surface area contributed by atoms with E-state index in [9.17, 15) is 4.79 Å². The number of carbonyl (C=O) groups excluding carboxylic acids is 1. The van der Waals surface area contributed by atoms with Crippen molar-refractivity contribution >= 4 is 19.4 Å². The summed E-state index contributed by atoms with van der Waals surface area (Å²) in [5.74, 6) is 1.55. The van der Waals surface area contributed by atoms with Gasteiger partial charge in [-0.25, -0.2) is 0 Å².